The standard InChI is InChI=1S/C13H16O2/c1-4-6-7-11-8-9-12(14-3)13(10-11)15-5-2/h1,8-10H,5-7H2,2-3H3. The molecule has 80 valence electrons. The van der Waals surface area contributed by atoms with E-state index in [1.165, 1.54) is 5.56 Å². The molecule has 1 rings (SSSR count). The van der Waals surface area contributed by atoms with Gasteiger partial charge >= 0.3 is 0 Å². The van der Waals surface area contributed by atoms with Gasteiger partial charge in [0.25, 0.3) is 0 Å². The Balaban J connectivity index is 2.84. The van der Waals surface area contributed by atoms with Crippen molar-refractivity contribution in [1.29, 1.82) is 0 Å². The van der Waals surface area contributed by atoms with E-state index >= 15 is 0 Å². The van der Waals surface area contributed by atoms with Crippen LogP contribution in [0.4, 0.5) is 0 Å². The molecule has 0 radical (unpaired) electrons. The molecule has 15 heavy (non-hydrogen) atoms. The maximum Gasteiger partial charge on any atom is 0.161 e. The van der Waals surface area contributed by atoms with E-state index < -0.39 is 0 Å². The fourth-order valence-corrected chi connectivity index (χ4v) is 1.36. The smallest absolute Gasteiger partial charge is 0.161 e. The van der Waals surface area contributed by atoms with Crippen molar-refractivity contribution in [3.05, 3.63) is 23.8 Å². The van der Waals surface area contributed by atoms with Gasteiger partial charge in [-0.3, -0.25) is 0 Å². The normalized spacial score (nSPS) is 9.40. The molecular formula is C13H16O2. The predicted octanol–water partition coefficient (Wildman–Crippen LogP) is 2.66. The molecule has 0 amide bonds. The maximum atomic E-state index is 5.47. The monoisotopic (exact) mass is 204 g/mol. The third-order valence-electron chi connectivity index (χ3n) is 2.09. The van der Waals surface area contributed by atoms with Crippen LogP contribution in [0.5, 0.6) is 11.5 Å². The van der Waals surface area contributed by atoms with Crippen LogP contribution in [0.25, 0.3) is 0 Å². The Morgan fingerprint density at radius 2 is 2.13 bits per heavy atom. The van der Waals surface area contributed by atoms with Crippen LogP contribution in [0, 0.1) is 12.3 Å². The highest BCUT2D eigenvalue weighted by molar-refractivity contribution is 5.43. The number of terminal acetylenes is 1. The van der Waals surface area contributed by atoms with Gasteiger partial charge in [-0.15, -0.1) is 12.3 Å². The summed E-state index contributed by atoms with van der Waals surface area (Å²) in [6.07, 6.45) is 6.85. The molecule has 1 aromatic carbocycles. The van der Waals surface area contributed by atoms with Gasteiger partial charge < -0.3 is 9.47 Å². The lowest BCUT2D eigenvalue weighted by Gasteiger charge is -2.10. The summed E-state index contributed by atoms with van der Waals surface area (Å²) < 4.78 is 10.7. The summed E-state index contributed by atoms with van der Waals surface area (Å²) in [6, 6.07) is 5.91. The second kappa shape index (κ2) is 5.98. The zero-order valence-electron chi connectivity index (χ0n) is 9.25. The minimum atomic E-state index is 0.634. The van der Waals surface area contributed by atoms with Gasteiger partial charge in [0.15, 0.2) is 11.5 Å². The molecule has 0 bridgehead atoms. The van der Waals surface area contributed by atoms with E-state index in [4.69, 9.17) is 15.9 Å². The second-order valence-corrected chi connectivity index (χ2v) is 3.12. The number of benzene rings is 1. The van der Waals surface area contributed by atoms with Crippen LogP contribution in [-0.4, -0.2) is 13.7 Å². The Morgan fingerprint density at radius 1 is 1.33 bits per heavy atom. The van der Waals surface area contributed by atoms with Gasteiger partial charge in [0.05, 0.1) is 13.7 Å². The van der Waals surface area contributed by atoms with Crippen LogP contribution < -0.4 is 9.47 Å². The molecule has 1 aromatic rings. The Morgan fingerprint density at radius 3 is 2.73 bits per heavy atom. The molecule has 2 nitrogen and oxygen atoms in total. The molecule has 0 aliphatic carbocycles. The van der Waals surface area contributed by atoms with Crippen LogP contribution in [0.1, 0.15) is 18.9 Å². The lowest BCUT2D eigenvalue weighted by molar-refractivity contribution is 0.310. The third kappa shape index (κ3) is 3.21. The quantitative estimate of drug-likeness (QED) is 0.686. The molecule has 0 heterocycles. The number of hydrogen-bond donors (Lipinski definition) is 0. The molecule has 0 saturated heterocycles. The zero-order valence-corrected chi connectivity index (χ0v) is 9.25. The maximum absolute atomic E-state index is 5.47. The van der Waals surface area contributed by atoms with E-state index in [9.17, 15) is 0 Å². The molecule has 0 aliphatic heterocycles. The van der Waals surface area contributed by atoms with E-state index in [1.54, 1.807) is 7.11 Å². The lowest BCUT2D eigenvalue weighted by Crippen LogP contribution is -1.96. The zero-order chi connectivity index (χ0) is 11.1. The fourth-order valence-electron chi connectivity index (χ4n) is 1.36. The van der Waals surface area contributed by atoms with Crippen molar-refractivity contribution in [1.82, 2.24) is 0 Å². The minimum Gasteiger partial charge on any atom is -0.493 e. The minimum absolute atomic E-state index is 0.634. The van der Waals surface area contributed by atoms with Gasteiger partial charge in [-0.05, 0) is 31.0 Å². The van der Waals surface area contributed by atoms with Crippen molar-refractivity contribution in [2.45, 2.75) is 19.8 Å². The van der Waals surface area contributed by atoms with Gasteiger partial charge in [0, 0.05) is 6.42 Å². The summed E-state index contributed by atoms with van der Waals surface area (Å²) in [6.45, 7) is 2.59. The highest BCUT2D eigenvalue weighted by atomic mass is 16.5. The van der Waals surface area contributed by atoms with Crippen LogP contribution in [-0.2, 0) is 6.42 Å². The third-order valence-corrected chi connectivity index (χ3v) is 2.09. The first-order chi connectivity index (χ1) is 7.31. The van der Waals surface area contributed by atoms with Crippen molar-refractivity contribution in [2.24, 2.45) is 0 Å². The first-order valence-electron chi connectivity index (χ1n) is 5.05. The predicted molar refractivity (Wildman–Crippen MR) is 61.3 cm³/mol. The molecule has 0 saturated carbocycles. The Hall–Kier alpha value is -1.62. The molecule has 0 unspecified atom stereocenters. The van der Waals surface area contributed by atoms with Crippen molar-refractivity contribution < 1.29 is 9.47 Å². The first-order valence-corrected chi connectivity index (χ1v) is 5.05. The highest BCUT2D eigenvalue weighted by Crippen LogP contribution is 2.28. The van der Waals surface area contributed by atoms with E-state index in [0.29, 0.717) is 6.61 Å². The van der Waals surface area contributed by atoms with Crippen LogP contribution in [0.3, 0.4) is 0 Å². The number of rotatable bonds is 5. The summed E-state index contributed by atoms with van der Waals surface area (Å²) in [5.41, 5.74) is 1.18. The number of aryl methyl sites for hydroxylation is 1. The van der Waals surface area contributed by atoms with Gasteiger partial charge in [-0.25, -0.2) is 0 Å². The molecule has 0 aliphatic rings. The van der Waals surface area contributed by atoms with Crippen molar-refractivity contribution in [2.75, 3.05) is 13.7 Å². The summed E-state index contributed by atoms with van der Waals surface area (Å²) in [5.74, 6) is 4.18. The largest absolute Gasteiger partial charge is 0.493 e. The van der Waals surface area contributed by atoms with E-state index in [-0.39, 0.29) is 0 Å². The topological polar surface area (TPSA) is 18.5 Å². The van der Waals surface area contributed by atoms with Crippen molar-refractivity contribution in [3.8, 4) is 23.8 Å². The van der Waals surface area contributed by atoms with E-state index in [1.807, 2.05) is 25.1 Å². The van der Waals surface area contributed by atoms with E-state index in [0.717, 1.165) is 24.3 Å². The number of hydrogen-bond acceptors (Lipinski definition) is 2. The Bertz CT molecular complexity index is 350. The van der Waals surface area contributed by atoms with Crippen LogP contribution in [0.2, 0.25) is 0 Å². The SMILES string of the molecule is C#CCCc1ccc(OC)c(OCC)c1. The lowest BCUT2D eigenvalue weighted by atomic mass is 10.1. The van der Waals surface area contributed by atoms with Gasteiger partial charge in [-0.2, -0.15) is 0 Å². The van der Waals surface area contributed by atoms with Gasteiger partial charge in [0.2, 0.25) is 0 Å². The second-order valence-electron chi connectivity index (χ2n) is 3.12. The van der Waals surface area contributed by atoms with Crippen LogP contribution in [0.15, 0.2) is 18.2 Å². The molecule has 2 heteroatoms. The summed E-state index contributed by atoms with van der Waals surface area (Å²) in [7, 11) is 1.64. The van der Waals surface area contributed by atoms with E-state index in [2.05, 4.69) is 5.92 Å². The van der Waals surface area contributed by atoms with Crippen molar-refractivity contribution in [3.63, 3.8) is 0 Å². The molecule has 0 spiro atoms. The average Bonchev–Trinajstić information content (AvgIpc) is 2.27. The number of methoxy groups -OCH3 is 1. The Labute approximate surface area is 91.2 Å². The van der Waals surface area contributed by atoms with Gasteiger partial charge in [0.1, 0.15) is 0 Å². The number of ether oxygens (including phenoxy) is 2. The average molecular weight is 204 g/mol. The summed E-state index contributed by atoms with van der Waals surface area (Å²) in [4.78, 5) is 0. The molecule has 0 aromatic heterocycles. The molecular weight excluding hydrogens is 188 g/mol. The van der Waals surface area contributed by atoms with Gasteiger partial charge in [-0.1, -0.05) is 6.07 Å². The Kier molecular flexibility index (Phi) is 4.56. The molecule has 0 fully saturated rings. The summed E-state index contributed by atoms with van der Waals surface area (Å²) in [5, 5.41) is 0. The first kappa shape index (κ1) is 11.5. The van der Waals surface area contributed by atoms with Crippen LogP contribution >= 0.6 is 0 Å². The van der Waals surface area contributed by atoms with Crippen molar-refractivity contribution >= 4 is 0 Å². The fraction of sp³-hybridized carbons (Fsp3) is 0.385. The summed E-state index contributed by atoms with van der Waals surface area (Å²) >= 11 is 0. The highest BCUT2D eigenvalue weighted by Gasteiger charge is 2.04. The molecule has 0 N–H and O–H groups in total. The molecule has 0 atom stereocenters.